The number of nitrogens with zero attached hydrogens (tertiary/aromatic N) is 5. The van der Waals surface area contributed by atoms with Gasteiger partial charge in [-0.3, -0.25) is 20.3 Å². The molecule has 54 heavy (non-hydrogen) atoms. The molecule has 5 unspecified atom stereocenters. The maximum atomic E-state index is 14.0. The van der Waals surface area contributed by atoms with Gasteiger partial charge in [0.1, 0.15) is 11.3 Å². The minimum atomic E-state index is -0.836. The van der Waals surface area contributed by atoms with Crippen LogP contribution in [-0.4, -0.2) is 125 Å². The highest BCUT2D eigenvalue weighted by atomic mass is 16.6. The Kier molecular flexibility index (Phi) is 11.8. The molecule has 1 amide bonds. The van der Waals surface area contributed by atoms with E-state index in [-0.39, 0.29) is 65.5 Å². The number of allylic oxidation sites excluding steroid dienone is 1. The molecule has 4 heterocycles. The van der Waals surface area contributed by atoms with Crippen LogP contribution in [0, 0.1) is 22.7 Å². The number of amides is 1. The Bertz CT molecular complexity index is 1750. The van der Waals surface area contributed by atoms with Crippen LogP contribution in [-0.2, 0) is 28.6 Å². The molecular formula is C38H52N8O8. The number of fused-ring (bicyclic) bond motifs is 1. The number of cyclic esters (lactones) is 1. The Morgan fingerprint density at radius 1 is 1.22 bits per heavy atom. The first-order valence-electron chi connectivity index (χ1n) is 18.7. The van der Waals surface area contributed by atoms with E-state index in [9.17, 15) is 24.6 Å². The van der Waals surface area contributed by atoms with Gasteiger partial charge in [-0.25, -0.2) is 29.5 Å². The number of hydrogen-bond acceptors (Lipinski definition) is 15. The molecule has 1 aromatic rings. The summed E-state index contributed by atoms with van der Waals surface area (Å²) in [5.74, 6) is -2.05. The van der Waals surface area contributed by atoms with Crippen LogP contribution in [0.15, 0.2) is 51.9 Å². The van der Waals surface area contributed by atoms with Gasteiger partial charge in [-0.15, -0.1) is 0 Å². The fraction of sp³-hybridized carbons (Fsp3) is 0.605. The number of nitrogens with two attached hydrogens (primary N) is 1. The predicted molar refractivity (Wildman–Crippen MR) is 200 cm³/mol. The van der Waals surface area contributed by atoms with E-state index in [1.54, 1.807) is 20.1 Å². The first kappa shape index (κ1) is 39.3. The number of hydrogen-bond donors (Lipinski definition) is 5. The Balaban J connectivity index is 1.43. The molecule has 2 saturated carbocycles. The van der Waals surface area contributed by atoms with E-state index < -0.39 is 46.9 Å². The van der Waals surface area contributed by atoms with Gasteiger partial charge in [0.2, 0.25) is 17.8 Å². The molecule has 16 heteroatoms. The van der Waals surface area contributed by atoms with Crippen molar-refractivity contribution in [3.8, 4) is 0 Å². The maximum Gasteiger partial charge on any atom is 0.342 e. The van der Waals surface area contributed by atoms with E-state index in [1.807, 2.05) is 6.92 Å². The van der Waals surface area contributed by atoms with E-state index in [2.05, 4.69) is 42.4 Å². The number of esters is 2. The lowest BCUT2D eigenvalue weighted by molar-refractivity contribution is -0.163. The number of aliphatic hydroxyl groups excluding tert-OH is 2. The van der Waals surface area contributed by atoms with Gasteiger partial charge in [-0.2, -0.15) is 0 Å². The van der Waals surface area contributed by atoms with Gasteiger partial charge in [0.15, 0.2) is 0 Å². The zero-order chi connectivity index (χ0) is 38.8. The lowest BCUT2D eigenvalue weighted by atomic mass is 9.45. The van der Waals surface area contributed by atoms with Crippen molar-refractivity contribution < 1.29 is 38.8 Å². The molecule has 0 aromatic carbocycles. The van der Waals surface area contributed by atoms with Gasteiger partial charge in [-0.05, 0) is 62.9 Å². The molecule has 3 fully saturated rings. The molecule has 1 saturated heterocycles. The van der Waals surface area contributed by atoms with Crippen LogP contribution in [0.5, 0.6) is 0 Å². The van der Waals surface area contributed by atoms with Crippen molar-refractivity contribution in [1.29, 1.82) is 0 Å². The molecule has 0 radical (unpaired) electrons. The number of anilines is 1. The van der Waals surface area contributed by atoms with E-state index in [4.69, 9.17) is 26.5 Å². The summed E-state index contributed by atoms with van der Waals surface area (Å²) in [6.45, 7) is 15.1. The molecule has 2 aliphatic carbocycles. The fourth-order valence-electron chi connectivity index (χ4n) is 9.10. The summed E-state index contributed by atoms with van der Waals surface area (Å²) >= 11 is 0. The summed E-state index contributed by atoms with van der Waals surface area (Å²) in [7, 11) is 0. The maximum absolute atomic E-state index is 14.0. The van der Waals surface area contributed by atoms with E-state index in [0.29, 0.717) is 58.5 Å². The molecule has 6 N–H and O–H groups in total. The zero-order valence-electron chi connectivity index (χ0n) is 31.4. The van der Waals surface area contributed by atoms with Crippen LogP contribution in [0.2, 0.25) is 0 Å². The summed E-state index contributed by atoms with van der Waals surface area (Å²) in [6, 6.07) is -1.70. The van der Waals surface area contributed by atoms with E-state index in [1.165, 1.54) is 18.5 Å². The molecule has 0 bridgehead atoms. The molecule has 292 valence electrons. The highest BCUT2D eigenvalue weighted by molar-refractivity contribution is 6.18. The van der Waals surface area contributed by atoms with Crippen molar-refractivity contribution in [2.75, 3.05) is 51.8 Å². The first-order chi connectivity index (χ1) is 25.8. The van der Waals surface area contributed by atoms with Gasteiger partial charge in [0, 0.05) is 54.8 Å². The highest BCUT2D eigenvalue weighted by Crippen LogP contribution is 2.62. The average Bonchev–Trinajstić information content (AvgIpc) is 3.81. The van der Waals surface area contributed by atoms with Crippen molar-refractivity contribution in [2.45, 2.75) is 77.6 Å². The number of guanidine groups is 1. The van der Waals surface area contributed by atoms with Crippen molar-refractivity contribution in [3.05, 3.63) is 47.5 Å². The molecule has 3 aliphatic heterocycles. The summed E-state index contributed by atoms with van der Waals surface area (Å²) in [5.41, 5.74) is 5.85. The number of carbonyl (C=O) groups excluding carboxylic acids is 3. The van der Waals surface area contributed by atoms with Gasteiger partial charge in [-0.1, -0.05) is 26.0 Å². The zero-order valence-corrected chi connectivity index (χ0v) is 31.4. The Morgan fingerprint density at radius 2 is 1.94 bits per heavy atom. The number of aliphatic hydroxyl groups is 2. The molecule has 5 aliphatic rings. The lowest BCUT2D eigenvalue weighted by Crippen LogP contribution is -2.62. The number of morpholine rings is 1. The standard InChI is InChI=1S/C38H52N8O8/c1-6-53-34(51)31(23-18-42-35(39)43-19-23)28-15-24(33(50)54-28)26(44-22(3)32(49)45-36-40-9-10-41-36)16-25-21(2)27(46-11-13-52-14-12-46)17-29-37(25,4)8-7-30(48)38(29,5)20-47/h9,15,18-19,22,25-27,29-30,44,47-48H,2,6-8,10-14,16-17,20H2,1,3-5H3,(H2,39,42,43)(H,41,45,49)/b31-28-/t22?,25?,26?,27?,29?,30-,37-,38+/m1/s1. The third kappa shape index (κ3) is 7.62. The molecule has 16 nitrogen and oxygen atoms in total. The lowest BCUT2D eigenvalue weighted by Gasteiger charge is -2.62. The molecule has 0 spiro atoms. The van der Waals surface area contributed by atoms with Crippen molar-refractivity contribution in [3.63, 3.8) is 0 Å². The molecule has 1 aromatic heterocycles. The Hall–Kier alpha value is -4.35. The van der Waals surface area contributed by atoms with Crippen LogP contribution in [0.3, 0.4) is 0 Å². The second-order valence-corrected chi connectivity index (χ2v) is 15.2. The predicted octanol–water partition coefficient (Wildman–Crippen LogP) is 1.16. The number of nitrogen functional groups attached to an aromatic ring is 1. The van der Waals surface area contributed by atoms with Gasteiger partial charge in [0.25, 0.3) is 0 Å². The first-order valence-corrected chi connectivity index (χ1v) is 18.7. The minimum absolute atomic E-state index is 0.000172. The number of carbonyl (C=O) groups is 3. The minimum Gasteiger partial charge on any atom is -0.462 e. The molecular weight excluding hydrogens is 696 g/mol. The number of nitrogens with one attached hydrogen (secondary N) is 2. The summed E-state index contributed by atoms with van der Waals surface area (Å²) in [4.78, 5) is 59.5. The van der Waals surface area contributed by atoms with Gasteiger partial charge >= 0.3 is 11.9 Å². The van der Waals surface area contributed by atoms with Crippen molar-refractivity contribution >= 4 is 41.5 Å². The average molecular weight is 749 g/mol. The van der Waals surface area contributed by atoms with E-state index >= 15 is 0 Å². The van der Waals surface area contributed by atoms with Gasteiger partial charge < -0.3 is 30.2 Å². The largest absolute Gasteiger partial charge is 0.462 e. The summed E-state index contributed by atoms with van der Waals surface area (Å²) in [6.07, 6.45) is 7.26. The van der Waals surface area contributed by atoms with Crippen molar-refractivity contribution in [1.82, 2.24) is 25.5 Å². The quantitative estimate of drug-likeness (QED) is 0.122. The second-order valence-electron chi connectivity index (χ2n) is 15.2. The Labute approximate surface area is 315 Å². The fourth-order valence-corrected chi connectivity index (χ4v) is 9.10. The number of rotatable bonds is 11. The van der Waals surface area contributed by atoms with Crippen LogP contribution in [0.4, 0.5) is 5.95 Å². The van der Waals surface area contributed by atoms with Gasteiger partial charge in [0.05, 0.1) is 50.7 Å². The third-order valence-electron chi connectivity index (χ3n) is 12.1. The Morgan fingerprint density at radius 3 is 2.59 bits per heavy atom. The van der Waals surface area contributed by atoms with Crippen LogP contribution >= 0.6 is 0 Å². The van der Waals surface area contributed by atoms with Crippen molar-refractivity contribution in [2.24, 2.45) is 32.7 Å². The van der Waals surface area contributed by atoms with Crippen LogP contribution in [0.25, 0.3) is 5.57 Å². The van der Waals surface area contributed by atoms with E-state index in [0.717, 1.165) is 5.57 Å². The van der Waals surface area contributed by atoms with Crippen LogP contribution < -0.4 is 16.4 Å². The molecule has 8 atom stereocenters. The summed E-state index contributed by atoms with van der Waals surface area (Å²) in [5, 5.41) is 28.4. The number of ether oxygens (including phenoxy) is 3. The summed E-state index contributed by atoms with van der Waals surface area (Å²) < 4.78 is 16.9. The monoisotopic (exact) mass is 748 g/mol. The normalized spacial score (nSPS) is 31.9. The third-order valence-corrected chi connectivity index (χ3v) is 12.1. The SMILES string of the molecule is C=C1C(N2CCOCC2)CC2[C@](C)(CC[C@@H](O)[C@@]2(C)CO)C1CC(NC(C)C(=O)NC1=NCC=N1)C1=C/C(=C(/C(=O)OCC)c2cnc(N)nc2)OC1=O. The highest BCUT2D eigenvalue weighted by Gasteiger charge is 2.60. The van der Waals surface area contributed by atoms with Crippen LogP contribution in [0.1, 0.15) is 58.9 Å². The molecule has 6 rings (SSSR count). The second kappa shape index (κ2) is 16.2. The number of aliphatic imine (C=N–C) groups is 2. The topological polar surface area (TPSA) is 223 Å². The smallest absolute Gasteiger partial charge is 0.342 e. The number of aromatic nitrogens is 2.